The van der Waals surface area contributed by atoms with Gasteiger partial charge >= 0.3 is 0 Å². The van der Waals surface area contributed by atoms with Crippen molar-refractivity contribution >= 4 is 33.7 Å². The SMILES string of the molecule is CCOc1cc(C=NNS(=O)(=O)c2cccs2)cc2c1OCC([N+](=O)[O-])=C2. The van der Waals surface area contributed by atoms with Gasteiger partial charge in [0.2, 0.25) is 0 Å². The fourth-order valence-electron chi connectivity index (χ4n) is 2.35. The first-order valence-corrected chi connectivity index (χ1v) is 10.1. The standard InChI is InChI=1S/C16H15N3O6S2/c1-2-24-14-7-11(6-12-8-13(19(20)21)10-25-16(12)14)9-17-18-27(22,23)15-4-3-5-26-15/h3-9,18H,2,10H2,1H3. The number of hydrazone groups is 1. The smallest absolute Gasteiger partial charge is 0.286 e. The number of ether oxygens (including phenoxy) is 2. The summed E-state index contributed by atoms with van der Waals surface area (Å²) in [6, 6.07) is 6.32. The van der Waals surface area contributed by atoms with Crippen LogP contribution in [0.4, 0.5) is 0 Å². The van der Waals surface area contributed by atoms with Crippen LogP contribution in [0.5, 0.6) is 11.5 Å². The maximum atomic E-state index is 12.1. The Labute approximate surface area is 159 Å². The molecule has 0 fully saturated rings. The van der Waals surface area contributed by atoms with Crippen molar-refractivity contribution in [2.24, 2.45) is 5.10 Å². The average molecular weight is 409 g/mol. The van der Waals surface area contributed by atoms with Crippen molar-refractivity contribution in [3.8, 4) is 11.5 Å². The molecule has 1 aliphatic rings. The van der Waals surface area contributed by atoms with Crippen LogP contribution >= 0.6 is 11.3 Å². The van der Waals surface area contributed by atoms with Crippen molar-refractivity contribution in [1.29, 1.82) is 0 Å². The number of rotatable bonds is 7. The maximum absolute atomic E-state index is 12.1. The normalized spacial score (nSPS) is 13.6. The van der Waals surface area contributed by atoms with Crippen LogP contribution in [-0.2, 0) is 10.0 Å². The fraction of sp³-hybridized carbons (Fsp3) is 0.188. The predicted molar refractivity (Wildman–Crippen MR) is 100 cm³/mol. The lowest BCUT2D eigenvalue weighted by Crippen LogP contribution is -2.17. The second-order valence-electron chi connectivity index (χ2n) is 5.34. The molecule has 0 spiro atoms. The number of nitrogens with zero attached hydrogens (tertiary/aromatic N) is 2. The number of nitrogens with one attached hydrogen (secondary N) is 1. The van der Waals surface area contributed by atoms with Gasteiger partial charge in [-0.3, -0.25) is 10.1 Å². The Morgan fingerprint density at radius 1 is 1.48 bits per heavy atom. The number of hydrogen-bond donors (Lipinski definition) is 1. The lowest BCUT2D eigenvalue weighted by Gasteiger charge is -2.18. The fourth-order valence-corrected chi connectivity index (χ4v) is 4.12. The number of benzene rings is 1. The summed E-state index contributed by atoms with van der Waals surface area (Å²) in [7, 11) is -3.73. The Morgan fingerprint density at radius 2 is 2.30 bits per heavy atom. The molecular weight excluding hydrogens is 394 g/mol. The third-order valence-corrected chi connectivity index (χ3v) is 6.09. The van der Waals surface area contributed by atoms with Crippen LogP contribution in [0.3, 0.4) is 0 Å². The molecule has 2 heterocycles. The van der Waals surface area contributed by atoms with Gasteiger partial charge in [-0.1, -0.05) is 6.07 Å². The van der Waals surface area contributed by atoms with E-state index in [2.05, 4.69) is 9.93 Å². The molecule has 142 valence electrons. The monoisotopic (exact) mass is 409 g/mol. The molecule has 0 unspecified atom stereocenters. The highest BCUT2D eigenvalue weighted by Crippen LogP contribution is 2.37. The zero-order valence-corrected chi connectivity index (χ0v) is 15.7. The van der Waals surface area contributed by atoms with Crippen molar-refractivity contribution in [3.05, 3.63) is 56.6 Å². The number of sulfonamides is 1. The average Bonchev–Trinajstić information content (AvgIpc) is 3.17. The minimum absolute atomic E-state index is 0.0857. The van der Waals surface area contributed by atoms with E-state index in [0.717, 1.165) is 11.3 Å². The Morgan fingerprint density at radius 3 is 2.96 bits per heavy atom. The zero-order chi connectivity index (χ0) is 19.4. The number of thiophene rings is 1. The molecule has 0 atom stereocenters. The molecule has 1 aromatic heterocycles. The molecule has 0 bridgehead atoms. The van der Waals surface area contributed by atoms with E-state index in [9.17, 15) is 18.5 Å². The van der Waals surface area contributed by atoms with Crippen molar-refractivity contribution in [1.82, 2.24) is 4.83 Å². The minimum Gasteiger partial charge on any atom is -0.490 e. The Kier molecular flexibility index (Phi) is 5.42. The summed E-state index contributed by atoms with van der Waals surface area (Å²) >= 11 is 1.07. The van der Waals surface area contributed by atoms with Gasteiger partial charge in [0.1, 0.15) is 4.21 Å². The second kappa shape index (κ2) is 7.76. The molecule has 1 N–H and O–H groups in total. The van der Waals surface area contributed by atoms with Gasteiger partial charge in [0.25, 0.3) is 15.7 Å². The molecule has 0 amide bonds. The molecule has 27 heavy (non-hydrogen) atoms. The quantitative estimate of drug-likeness (QED) is 0.426. The van der Waals surface area contributed by atoms with Crippen LogP contribution in [0.2, 0.25) is 0 Å². The summed E-state index contributed by atoms with van der Waals surface area (Å²) in [5.74, 6) is 0.801. The van der Waals surface area contributed by atoms with E-state index in [0.29, 0.717) is 29.2 Å². The molecule has 3 rings (SSSR count). The molecular formula is C16H15N3O6S2. The van der Waals surface area contributed by atoms with Crippen molar-refractivity contribution in [2.75, 3.05) is 13.2 Å². The van der Waals surface area contributed by atoms with Gasteiger partial charge in [-0.25, -0.2) is 0 Å². The van der Waals surface area contributed by atoms with Gasteiger partial charge < -0.3 is 9.47 Å². The molecule has 0 saturated heterocycles. The topological polar surface area (TPSA) is 120 Å². The van der Waals surface area contributed by atoms with Gasteiger partial charge in [-0.15, -0.1) is 11.3 Å². The van der Waals surface area contributed by atoms with Crippen molar-refractivity contribution < 1.29 is 22.8 Å². The maximum Gasteiger partial charge on any atom is 0.286 e. The molecule has 0 radical (unpaired) electrons. The first kappa shape index (κ1) is 18.9. The van der Waals surface area contributed by atoms with E-state index in [1.165, 1.54) is 18.4 Å². The van der Waals surface area contributed by atoms with Crippen LogP contribution in [0, 0.1) is 10.1 Å². The van der Waals surface area contributed by atoms with E-state index in [1.807, 2.05) is 0 Å². The first-order valence-electron chi connectivity index (χ1n) is 7.77. The minimum atomic E-state index is -3.73. The highest BCUT2D eigenvalue weighted by molar-refractivity contribution is 7.91. The summed E-state index contributed by atoms with van der Waals surface area (Å²) in [6.45, 7) is 2.00. The van der Waals surface area contributed by atoms with E-state index in [1.54, 1.807) is 30.5 Å². The van der Waals surface area contributed by atoms with Gasteiger partial charge in [-0.2, -0.15) is 18.4 Å². The summed E-state index contributed by atoms with van der Waals surface area (Å²) in [4.78, 5) is 12.6. The molecule has 0 aliphatic carbocycles. The Hall–Kier alpha value is -2.92. The summed E-state index contributed by atoms with van der Waals surface area (Å²) in [5.41, 5.74) is 0.870. The van der Waals surface area contributed by atoms with E-state index in [4.69, 9.17) is 9.47 Å². The van der Waals surface area contributed by atoms with Crippen molar-refractivity contribution in [2.45, 2.75) is 11.1 Å². The molecule has 9 nitrogen and oxygen atoms in total. The molecule has 2 aromatic rings. The van der Waals surface area contributed by atoms with Crippen LogP contribution in [-0.4, -0.2) is 32.8 Å². The third kappa shape index (κ3) is 4.26. The van der Waals surface area contributed by atoms with Crippen LogP contribution in [0.15, 0.2) is 44.7 Å². The summed E-state index contributed by atoms with van der Waals surface area (Å²) in [5, 5.41) is 16.4. The Balaban J connectivity index is 1.89. The summed E-state index contributed by atoms with van der Waals surface area (Å²) < 4.78 is 35.2. The molecule has 1 aromatic carbocycles. The molecule has 11 heteroatoms. The summed E-state index contributed by atoms with van der Waals surface area (Å²) in [6.07, 6.45) is 2.69. The van der Waals surface area contributed by atoms with Gasteiger partial charge in [-0.05, 0) is 36.1 Å². The van der Waals surface area contributed by atoms with Crippen LogP contribution in [0.1, 0.15) is 18.1 Å². The van der Waals surface area contributed by atoms with Gasteiger partial charge in [0.15, 0.2) is 18.1 Å². The number of fused-ring (bicyclic) bond motifs is 1. The van der Waals surface area contributed by atoms with E-state index in [-0.39, 0.29) is 16.5 Å². The van der Waals surface area contributed by atoms with Gasteiger partial charge in [0.05, 0.1) is 17.7 Å². The highest BCUT2D eigenvalue weighted by atomic mass is 32.2. The lowest BCUT2D eigenvalue weighted by molar-refractivity contribution is -0.427. The number of hydrogen-bond acceptors (Lipinski definition) is 8. The number of nitro groups is 1. The third-order valence-electron chi connectivity index (χ3n) is 3.47. The Bertz CT molecular complexity index is 1010. The predicted octanol–water partition coefficient (Wildman–Crippen LogP) is 2.47. The zero-order valence-electron chi connectivity index (χ0n) is 14.1. The van der Waals surface area contributed by atoms with Crippen molar-refractivity contribution in [3.63, 3.8) is 0 Å². The van der Waals surface area contributed by atoms with E-state index >= 15 is 0 Å². The largest absolute Gasteiger partial charge is 0.490 e. The van der Waals surface area contributed by atoms with Crippen LogP contribution < -0.4 is 14.3 Å². The van der Waals surface area contributed by atoms with E-state index < -0.39 is 14.9 Å². The lowest BCUT2D eigenvalue weighted by atomic mass is 10.1. The van der Waals surface area contributed by atoms with Crippen LogP contribution in [0.25, 0.3) is 6.08 Å². The molecule has 0 saturated carbocycles. The highest BCUT2D eigenvalue weighted by Gasteiger charge is 2.23. The molecule has 1 aliphatic heterocycles. The second-order valence-corrected chi connectivity index (χ2v) is 8.17. The first-order chi connectivity index (χ1) is 12.9. The van der Waals surface area contributed by atoms with Gasteiger partial charge in [0, 0.05) is 11.6 Å².